The largest absolute Gasteiger partial charge is 0.462 e. The number of fused-ring (bicyclic) bond motifs is 1. The number of aryl methyl sites for hydroxylation is 1. The van der Waals surface area contributed by atoms with Gasteiger partial charge in [0.2, 0.25) is 0 Å². The Labute approximate surface area is 169 Å². The van der Waals surface area contributed by atoms with Gasteiger partial charge in [-0.1, -0.05) is 5.16 Å². The fourth-order valence-corrected chi connectivity index (χ4v) is 3.50. The second-order valence-corrected chi connectivity index (χ2v) is 8.12. The van der Waals surface area contributed by atoms with Crippen molar-refractivity contribution in [2.75, 3.05) is 24.6 Å². The molecule has 9 heteroatoms. The first-order valence-electron chi connectivity index (χ1n) is 9.86. The minimum Gasteiger partial charge on any atom is -0.462 e. The average molecular weight is 404 g/mol. The van der Waals surface area contributed by atoms with Crippen molar-refractivity contribution in [2.24, 2.45) is 0 Å². The lowest BCUT2D eigenvalue weighted by molar-refractivity contribution is 0.0493. The molecule has 1 aliphatic rings. The molecule has 1 aliphatic heterocycles. The third kappa shape index (κ3) is 4.78. The molecule has 3 heterocycles. The van der Waals surface area contributed by atoms with Gasteiger partial charge in [0.1, 0.15) is 11.2 Å². The highest BCUT2D eigenvalue weighted by Gasteiger charge is 2.30. The molecule has 0 aliphatic carbocycles. The molecule has 0 saturated carbocycles. The van der Waals surface area contributed by atoms with Gasteiger partial charge in [-0.3, -0.25) is 0 Å². The molecule has 0 aromatic carbocycles. The van der Waals surface area contributed by atoms with Crippen molar-refractivity contribution < 1.29 is 23.6 Å². The number of hydrogen-bond donors (Lipinski definition) is 1. The molecule has 1 amide bonds. The predicted octanol–water partition coefficient (Wildman–Crippen LogP) is 3.20. The Kier molecular flexibility index (Phi) is 5.95. The van der Waals surface area contributed by atoms with E-state index >= 15 is 0 Å². The highest BCUT2D eigenvalue weighted by Crippen LogP contribution is 2.34. The normalized spacial score (nSPS) is 17.3. The summed E-state index contributed by atoms with van der Waals surface area (Å²) in [4.78, 5) is 31.0. The van der Waals surface area contributed by atoms with Crippen molar-refractivity contribution >= 4 is 28.8 Å². The summed E-state index contributed by atoms with van der Waals surface area (Å²) in [5.74, 6) is -0.445. The van der Waals surface area contributed by atoms with Crippen LogP contribution >= 0.6 is 0 Å². The lowest BCUT2D eigenvalue weighted by atomic mass is 10.0. The molecule has 0 unspecified atom stereocenters. The molecule has 1 saturated heterocycles. The Morgan fingerprint density at radius 2 is 2.14 bits per heavy atom. The van der Waals surface area contributed by atoms with Crippen molar-refractivity contribution in [1.29, 1.82) is 0 Å². The van der Waals surface area contributed by atoms with E-state index in [1.807, 2.05) is 27.7 Å². The lowest BCUT2D eigenvalue weighted by Gasteiger charge is -2.36. The van der Waals surface area contributed by atoms with E-state index in [-0.39, 0.29) is 12.6 Å². The van der Waals surface area contributed by atoms with Crippen molar-refractivity contribution in [3.05, 3.63) is 17.5 Å². The molecule has 0 radical (unpaired) electrons. The minimum atomic E-state index is -0.563. The predicted molar refractivity (Wildman–Crippen MR) is 107 cm³/mol. The number of aromatic nitrogens is 2. The number of amides is 1. The summed E-state index contributed by atoms with van der Waals surface area (Å²) in [5.41, 5.74) is 1.50. The number of pyridine rings is 1. The summed E-state index contributed by atoms with van der Waals surface area (Å²) >= 11 is 0. The maximum Gasteiger partial charge on any atom is 0.407 e. The van der Waals surface area contributed by atoms with Crippen LogP contribution in [0.15, 0.2) is 10.7 Å². The van der Waals surface area contributed by atoms with E-state index in [0.29, 0.717) is 34.6 Å². The number of ether oxygens (including phenoxy) is 2. The standard InChI is InChI=1S/C20H28N4O5/c1-6-27-18(25)14-10-21-17-15(12(2)23-29-17)16(14)24-9-7-8-13(11-24)22-19(26)28-20(3,4)5/h10,13H,6-9,11H2,1-5H3,(H,22,26)/t13-/m0/s1. The fraction of sp³-hybridized carbons (Fsp3) is 0.600. The van der Waals surface area contributed by atoms with Gasteiger partial charge in [-0.15, -0.1) is 0 Å². The Morgan fingerprint density at radius 3 is 2.83 bits per heavy atom. The SMILES string of the molecule is CCOC(=O)c1cnc2onc(C)c2c1N1CCC[C@H](NC(=O)OC(C)(C)C)C1. The number of piperidine rings is 1. The van der Waals surface area contributed by atoms with E-state index in [4.69, 9.17) is 14.0 Å². The molecule has 0 bridgehead atoms. The highest BCUT2D eigenvalue weighted by molar-refractivity contribution is 6.05. The van der Waals surface area contributed by atoms with Gasteiger partial charge in [0.25, 0.3) is 5.71 Å². The number of nitrogens with zero attached hydrogens (tertiary/aromatic N) is 3. The first kappa shape index (κ1) is 20.9. The van der Waals surface area contributed by atoms with Gasteiger partial charge in [-0.05, 0) is 47.5 Å². The highest BCUT2D eigenvalue weighted by atomic mass is 16.6. The maximum absolute atomic E-state index is 12.6. The second kappa shape index (κ2) is 8.26. The molecule has 1 fully saturated rings. The Balaban J connectivity index is 1.90. The number of alkyl carbamates (subject to hydrolysis) is 1. The summed E-state index contributed by atoms with van der Waals surface area (Å²) < 4.78 is 15.9. The third-order valence-electron chi connectivity index (χ3n) is 4.60. The van der Waals surface area contributed by atoms with Crippen molar-refractivity contribution in [3.63, 3.8) is 0 Å². The molecule has 1 atom stereocenters. The van der Waals surface area contributed by atoms with E-state index in [1.165, 1.54) is 6.20 Å². The average Bonchev–Trinajstić information content (AvgIpc) is 3.01. The first-order valence-corrected chi connectivity index (χ1v) is 9.86. The van der Waals surface area contributed by atoms with Crippen LogP contribution in [0.2, 0.25) is 0 Å². The number of rotatable bonds is 4. The molecule has 1 N–H and O–H groups in total. The zero-order valence-corrected chi connectivity index (χ0v) is 17.6. The van der Waals surface area contributed by atoms with Gasteiger partial charge >= 0.3 is 12.1 Å². The van der Waals surface area contributed by atoms with Crippen LogP contribution in [0, 0.1) is 6.92 Å². The van der Waals surface area contributed by atoms with Crippen LogP contribution < -0.4 is 10.2 Å². The number of carbonyl (C=O) groups excluding carboxylic acids is 2. The quantitative estimate of drug-likeness (QED) is 0.774. The van der Waals surface area contributed by atoms with Gasteiger partial charge in [-0.2, -0.15) is 0 Å². The Bertz CT molecular complexity index is 902. The smallest absolute Gasteiger partial charge is 0.407 e. The first-order chi connectivity index (χ1) is 13.7. The zero-order valence-electron chi connectivity index (χ0n) is 17.6. The lowest BCUT2D eigenvalue weighted by Crippen LogP contribution is -2.49. The maximum atomic E-state index is 12.6. The third-order valence-corrected chi connectivity index (χ3v) is 4.60. The van der Waals surface area contributed by atoms with Crippen LogP contribution in [0.1, 0.15) is 56.6 Å². The molecular weight excluding hydrogens is 376 g/mol. The number of carbonyl (C=O) groups is 2. The van der Waals surface area contributed by atoms with E-state index in [1.54, 1.807) is 6.92 Å². The van der Waals surface area contributed by atoms with E-state index in [9.17, 15) is 9.59 Å². The minimum absolute atomic E-state index is 0.114. The zero-order chi connectivity index (χ0) is 21.2. The molecule has 9 nitrogen and oxygen atoms in total. The van der Waals surface area contributed by atoms with Gasteiger partial charge in [-0.25, -0.2) is 14.6 Å². The number of esters is 1. The topological polar surface area (TPSA) is 107 Å². The number of anilines is 1. The van der Waals surface area contributed by atoms with Gasteiger partial charge in [0.05, 0.1) is 23.4 Å². The van der Waals surface area contributed by atoms with E-state index < -0.39 is 17.7 Å². The van der Waals surface area contributed by atoms with Gasteiger partial charge in [0.15, 0.2) is 0 Å². The van der Waals surface area contributed by atoms with Crippen LogP contribution in [0.5, 0.6) is 0 Å². The molecule has 2 aromatic rings. The van der Waals surface area contributed by atoms with Crippen LogP contribution in [0.25, 0.3) is 11.1 Å². The summed E-state index contributed by atoms with van der Waals surface area (Å²) in [6, 6.07) is -0.114. The van der Waals surface area contributed by atoms with Crippen LogP contribution in [-0.2, 0) is 9.47 Å². The molecule has 158 valence electrons. The molecular formula is C20H28N4O5. The van der Waals surface area contributed by atoms with Gasteiger partial charge < -0.3 is 24.2 Å². The van der Waals surface area contributed by atoms with Crippen molar-refractivity contribution in [2.45, 2.75) is 59.1 Å². The molecule has 3 rings (SSSR count). The molecule has 29 heavy (non-hydrogen) atoms. The Morgan fingerprint density at radius 1 is 1.38 bits per heavy atom. The molecule has 2 aromatic heterocycles. The summed E-state index contributed by atoms with van der Waals surface area (Å²) in [6.45, 7) is 10.6. The molecule has 0 spiro atoms. The summed E-state index contributed by atoms with van der Waals surface area (Å²) in [6.07, 6.45) is 2.68. The van der Waals surface area contributed by atoms with Crippen LogP contribution in [-0.4, -0.2) is 53.5 Å². The van der Waals surface area contributed by atoms with Crippen LogP contribution in [0.3, 0.4) is 0 Å². The Hall–Kier alpha value is -2.84. The van der Waals surface area contributed by atoms with E-state index in [0.717, 1.165) is 19.4 Å². The van der Waals surface area contributed by atoms with E-state index in [2.05, 4.69) is 20.4 Å². The van der Waals surface area contributed by atoms with Crippen LogP contribution in [0.4, 0.5) is 10.5 Å². The van der Waals surface area contributed by atoms with Crippen molar-refractivity contribution in [3.8, 4) is 0 Å². The fourth-order valence-electron chi connectivity index (χ4n) is 3.50. The monoisotopic (exact) mass is 404 g/mol. The van der Waals surface area contributed by atoms with Gasteiger partial charge in [0, 0.05) is 25.3 Å². The van der Waals surface area contributed by atoms with Crippen molar-refractivity contribution in [1.82, 2.24) is 15.5 Å². The summed E-state index contributed by atoms with van der Waals surface area (Å²) in [5, 5.41) is 7.62. The summed E-state index contributed by atoms with van der Waals surface area (Å²) in [7, 11) is 0. The number of hydrogen-bond acceptors (Lipinski definition) is 8. The number of nitrogens with one attached hydrogen (secondary N) is 1. The second-order valence-electron chi connectivity index (χ2n) is 8.12.